The molecule has 3 heterocycles. The van der Waals surface area contributed by atoms with Gasteiger partial charge in [-0.1, -0.05) is 6.07 Å². The van der Waals surface area contributed by atoms with Gasteiger partial charge in [0.05, 0.1) is 17.7 Å². The Labute approximate surface area is 213 Å². The van der Waals surface area contributed by atoms with Gasteiger partial charge in [-0.3, -0.25) is 9.59 Å². The van der Waals surface area contributed by atoms with Crippen molar-refractivity contribution in [1.82, 2.24) is 19.8 Å². The Morgan fingerprint density at radius 2 is 1.95 bits per heavy atom. The molecule has 0 spiro atoms. The molecule has 1 aliphatic carbocycles. The van der Waals surface area contributed by atoms with Gasteiger partial charge >= 0.3 is 6.09 Å². The highest BCUT2D eigenvalue weighted by molar-refractivity contribution is 6.04. The average molecular weight is 523 g/mol. The topological polar surface area (TPSA) is 144 Å². The van der Waals surface area contributed by atoms with Crippen LogP contribution in [0.3, 0.4) is 0 Å². The van der Waals surface area contributed by atoms with Crippen LogP contribution in [-0.2, 0) is 11.3 Å². The number of halogens is 2. The maximum Gasteiger partial charge on any atom is 0.405 e. The second-order valence-corrected chi connectivity index (χ2v) is 9.73. The summed E-state index contributed by atoms with van der Waals surface area (Å²) >= 11 is 0. The lowest BCUT2D eigenvalue weighted by Crippen LogP contribution is -2.40. The van der Waals surface area contributed by atoms with Crippen molar-refractivity contribution in [3.05, 3.63) is 57.7 Å². The highest BCUT2D eigenvalue weighted by Gasteiger charge is 2.34. The molecule has 2 aromatic carbocycles. The summed E-state index contributed by atoms with van der Waals surface area (Å²) in [6.45, 7) is 2.02. The number of anilines is 1. The first kappa shape index (κ1) is 23.9. The molecule has 1 saturated heterocycles. The fourth-order valence-corrected chi connectivity index (χ4v) is 5.25. The van der Waals surface area contributed by atoms with E-state index in [9.17, 15) is 23.2 Å². The fourth-order valence-electron chi connectivity index (χ4n) is 5.25. The number of oxazole rings is 1. The van der Waals surface area contributed by atoms with Gasteiger partial charge in [-0.2, -0.15) is 0 Å². The molecular weight excluding hydrogens is 500 g/mol. The summed E-state index contributed by atoms with van der Waals surface area (Å²) in [7, 11) is 0. The normalized spacial score (nSPS) is 17.6. The van der Waals surface area contributed by atoms with Crippen molar-refractivity contribution in [2.45, 2.75) is 44.8 Å². The predicted octanol–water partition coefficient (Wildman–Crippen LogP) is 3.68. The largest absolute Gasteiger partial charge is 0.465 e. The lowest BCUT2D eigenvalue weighted by Gasteiger charge is -2.16. The number of benzene rings is 2. The van der Waals surface area contributed by atoms with Crippen LogP contribution in [0.1, 0.15) is 36.8 Å². The Morgan fingerprint density at radius 1 is 1.18 bits per heavy atom. The summed E-state index contributed by atoms with van der Waals surface area (Å²) in [6.07, 6.45) is 0.614. The van der Waals surface area contributed by atoms with Gasteiger partial charge in [0.2, 0.25) is 11.8 Å². The fraction of sp³-hybridized carbons (Fsp3) is 0.308. The number of hydrogen-bond acceptors (Lipinski definition) is 6. The van der Waals surface area contributed by atoms with Crippen LogP contribution in [0.4, 0.5) is 19.3 Å². The molecule has 2 aromatic heterocycles. The minimum Gasteiger partial charge on any atom is -0.465 e. The molecule has 38 heavy (non-hydrogen) atoms. The first-order chi connectivity index (χ1) is 18.1. The lowest BCUT2D eigenvalue weighted by molar-refractivity contribution is -0.130. The number of carboxylic acid groups (broad SMARTS) is 1. The van der Waals surface area contributed by atoms with Gasteiger partial charge in [-0.05, 0) is 49.4 Å². The zero-order valence-corrected chi connectivity index (χ0v) is 20.3. The van der Waals surface area contributed by atoms with Gasteiger partial charge in [0, 0.05) is 29.6 Å². The molecule has 0 bridgehead atoms. The minimum absolute atomic E-state index is 0.0251. The highest BCUT2D eigenvalue weighted by Crippen LogP contribution is 2.41. The number of nitrogens with one attached hydrogen (secondary N) is 1. The van der Waals surface area contributed by atoms with E-state index in [1.165, 1.54) is 4.90 Å². The number of amides is 2. The molecule has 1 unspecified atom stereocenters. The second kappa shape index (κ2) is 8.54. The SMILES string of the molecule is Cc1c(-c2cc(F)c(N)cc2F)ccc2c3oc(CN4CCC(NC(=O)O)C4=O)nc3c(=O)n(C3CC3)c12. The number of fused-ring (bicyclic) bond motifs is 3. The van der Waals surface area contributed by atoms with E-state index >= 15 is 0 Å². The Balaban J connectivity index is 1.48. The number of hydrogen-bond donors (Lipinski definition) is 3. The molecule has 1 atom stereocenters. The van der Waals surface area contributed by atoms with E-state index in [0.29, 0.717) is 35.0 Å². The van der Waals surface area contributed by atoms with E-state index in [1.807, 2.05) is 0 Å². The molecule has 0 radical (unpaired) electrons. The van der Waals surface area contributed by atoms with Gasteiger partial charge in [0.15, 0.2) is 11.1 Å². The molecule has 6 rings (SSSR count). The molecule has 2 amide bonds. The summed E-state index contributed by atoms with van der Waals surface area (Å²) in [6, 6.07) is 4.41. The lowest BCUT2D eigenvalue weighted by atomic mass is 9.96. The molecule has 4 N–H and O–H groups in total. The van der Waals surface area contributed by atoms with Crippen LogP contribution in [0.25, 0.3) is 33.1 Å². The number of carbonyl (C=O) groups excluding carboxylic acids is 1. The molecule has 1 saturated carbocycles. The number of carbonyl (C=O) groups is 2. The van der Waals surface area contributed by atoms with Crippen molar-refractivity contribution in [3.8, 4) is 11.1 Å². The summed E-state index contributed by atoms with van der Waals surface area (Å²) in [5.74, 6) is -1.67. The highest BCUT2D eigenvalue weighted by atomic mass is 19.1. The summed E-state index contributed by atoms with van der Waals surface area (Å²) in [5, 5.41) is 11.7. The molecule has 10 nitrogen and oxygen atoms in total. The van der Waals surface area contributed by atoms with Crippen LogP contribution < -0.4 is 16.6 Å². The summed E-state index contributed by atoms with van der Waals surface area (Å²) in [4.78, 5) is 43.0. The number of aryl methyl sites for hydroxylation is 1. The number of pyridine rings is 1. The Morgan fingerprint density at radius 3 is 2.66 bits per heavy atom. The predicted molar refractivity (Wildman–Crippen MR) is 134 cm³/mol. The van der Waals surface area contributed by atoms with Crippen LogP contribution in [0.2, 0.25) is 0 Å². The van der Waals surface area contributed by atoms with Crippen molar-refractivity contribution < 1.29 is 27.9 Å². The Kier molecular flexibility index (Phi) is 5.37. The van der Waals surface area contributed by atoms with Crippen molar-refractivity contribution in [3.63, 3.8) is 0 Å². The quantitative estimate of drug-likeness (QED) is 0.339. The maximum absolute atomic E-state index is 14.8. The summed E-state index contributed by atoms with van der Waals surface area (Å²) < 4.78 is 36.7. The molecule has 1 aliphatic heterocycles. The molecule has 4 aromatic rings. The van der Waals surface area contributed by atoms with Crippen LogP contribution >= 0.6 is 0 Å². The third-order valence-electron chi connectivity index (χ3n) is 7.22. The van der Waals surface area contributed by atoms with E-state index in [2.05, 4.69) is 10.3 Å². The van der Waals surface area contributed by atoms with Crippen LogP contribution in [0, 0.1) is 18.6 Å². The minimum atomic E-state index is -1.28. The zero-order chi connectivity index (χ0) is 26.9. The van der Waals surface area contributed by atoms with E-state index in [1.54, 1.807) is 23.6 Å². The number of aromatic nitrogens is 2. The van der Waals surface area contributed by atoms with E-state index in [-0.39, 0.29) is 46.4 Å². The third-order valence-corrected chi connectivity index (χ3v) is 7.22. The number of nitrogen functional groups attached to an aromatic ring is 1. The zero-order valence-electron chi connectivity index (χ0n) is 20.3. The second-order valence-electron chi connectivity index (χ2n) is 9.73. The van der Waals surface area contributed by atoms with Crippen molar-refractivity contribution in [2.24, 2.45) is 0 Å². The van der Waals surface area contributed by atoms with Crippen molar-refractivity contribution in [1.29, 1.82) is 0 Å². The van der Waals surface area contributed by atoms with Crippen molar-refractivity contribution in [2.75, 3.05) is 12.3 Å². The third kappa shape index (κ3) is 3.75. The molecule has 2 aliphatic rings. The molecule has 196 valence electrons. The first-order valence-corrected chi connectivity index (χ1v) is 12.1. The van der Waals surface area contributed by atoms with E-state index in [4.69, 9.17) is 15.3 Å². The molecule has 2 fully saturated rings. The Hall–Kier alpha value is -4.48. The number of likely N-dealkylation sites (tertiary alicyclic amines) is 1. The summed E-state index contributed by atoms with van der Waals surface area (Å²) in [5.41, 5.74) is 6.77. The number of nitrogens with two attached hydrogens (primary N) is 1. The van der Waals surface area contributed by atoms with Crippen LogP contribution in [0.15, 0.2) is 33.5 Å². The van der Waals surface area contributed by atoms with E-state index in [0.717, 1.165) is 25.0 Å². The van der Waals surface area contributed by atoms with Crippen LogP contribution in [0.5, 0.6) is 0 Å². The number of rotatable bonds is 5. The van der Waals surface area contributed by atoms with Gasteiger partial charge in [0.1, 0.15) is 17.7 Å². The number of nitrogens with zero attached hydrogens (tertiary/aromatic N) is 3. The van der Waals surface area contributed by atoms with Gasteiger partial charge in [-0.15, -0.1) is 0 Å². The average Bonchev–Trinajstić information content (AvgIpc) is 3.52. The smallest absolute Gasteiger partial charge is 0.405 e. The molecular formula is C26H23F2N5O5. The van der Waals surface area contributed by atoms with E-state index < -0.39 is 29.7 Å². The van der Waals surface area contributed by atoms with Gasteiger partial charge < -0.3 is 30.0 Å². The van der Waals surface area contributed by atoms with Crippen LogP contribution in [-0.4, -0.2) is 44.1 Å². The monoisotopic (exact) mass is 523 g/mol. The first-order valence-electron chi connectivity index (χ1n) is 12.1. The maximum atomic E-state index is 14.8. The van der Waals surface area contributed by atoms with Crippen molar-refractivity contribution >= 4 is 39.7 Å². The molecule has 12 heteroatoms. The van der Waals surface area contributed by atoms with Gasteiger partial charge in [0.25, 0.3) is 5.56 Å². The van der Waals surface area contributed by atoms with Gasteiger partial charge in [-0.25, -0.2) is 18.6 Å². The Bertz CT molecular complexity index is 1730. The standard InChI is InChI=1S/C26H23F2N5O5/c1-11-13(15-8-17(28)18(29)9-16(15)27)4-5-14-22(11)33(12-2-3-12)25(35)21-23(14)38-20(31-21)10-32-7-6-19(24(32)34)30-26(36)37/h4-5,8-9,12,19,30H,2-3,6-7,10,29H2,1H3,(H,36,37).